The van der Waals surface area contributed by atoms with Crippen molar-refractivity contribution in [2.45, 2.75) is 100 Å². The molecule has 5 aromatic rings. The number of sulfone groups is 1. The van der Waals surface area contributed by atoms with Crippen molar-refractivity contribution in [3.05, 3.63) is 93.0 Å². The predicted molar refractivity (Wildman–Crippen MR) is 232 cm³/mol. The van der Waals surface area contributed by atoms with Gasteiger partial charge < -0.3 is 5.32 Å². The summed E-state index contributed by atoms with van der Waals surface area (Å²) in [5.74, 6) is -4.48. The van der Waals surface area contributed by atoms with Gasteiger partial charge in [-0.25, -0.2) is 30.6 Å². The summed E-state index contributed by atoms with van der Waals surface area (Å²) < 4.78 is 159. The molecule has 12 nitrogen and oxygen atoms in total. The normalized spacial score (nSPS) is 19.0. The second-order valence-corrected chi connectivity index (χ2v) is 22.8. The van der Waals surface area contributed by atoms with Gasteiger partial charge in [0.1, 0.15) is 34.3 Å². The number of carbonyl (C=O) groups is 1. The average Bonchev–Trinajstić information content (AvgIpc) is 4.14. The number of nitrogens with zero attached hydrogens (tertiary/aromatic N) is 5. The Hall–Kier alpha value is -5.20. The van der Waals surface area contributed by atoms with Crippen LogP contribution in [0.5, 0.6) is 0 Å². The van der Waals surface area contributed by atoms with Crippen molar-refractivity contribution in [3.63, 3.8) is 0 Å². The molecule has 0 spiro atoms. The molecule has 0 saturated heterocycles. The SMILES string of the molecule is C[C@@H]1c2c(C(F)(F)F)nn(CC(=O)N[C@@H](Cc3cc(F)cc(F)c3)c3nc(C#CC(C)(C)S(=O)(=O)C4CC4)ccc3-c3ccc(Cl)c4c(NS(=O)(=O)CC5CC5)nn(C)c34)c2C(F)(F)[C@@H]1C. The molecular weight excluding hydrogens is 939 g/mol. The third kappa shape index (κ3) is 8.99. The number of hydrogen-bond acceptors (Lipinski definition) is 8. The molecule has 3 aliphatic carbocycles. The largest absolute Gasteiger partial charge is 0.435 e. The molecule has 0 unspecified atom stereocenters. The highest BCUT2D eigenvalue weighted by Crippen LogP contribution is 2.55. The number of alkyl halides is 5. The number of rotatable bonds is 13. The van der Waals surface area contributed by atoms with E-state index in [1.807, 2.05) is 0 Å². The summed E-state index contributed by atoms with van der Waals surface area (Å²) in [6.45, 7) is 4.04. The van der Waals surface area contributed by atoms with E-state index >= 15 is 8.78 Å². The molecule has 3 aliphatic rings. The van der Waals surface area contributed by atoms with Crippen LogP contribution in [0.25, 0.3) is 22.0 Å². The van der Waals surface area contributed by atoms with Crippen molar-refractivity contribution in [2.24, 2.45) is 18.9 Å². The van der Waals surface area contributed by atoms with Crippen molar-refractivity contribution < 1.29 is 52.4 Å². The number of halogens is 8. The summed E-state index contributed by atoms with van der Waals surface area (Å²) in [5.41, 5.74) is -2.82. The molecular formula is C44H43ClF7N7O5S2. The fourth-order valence-corrected chi connectivity index (χ4v) is 12.0. The van der Waals surface area contributed by atoms with Crippen LogP contribution in [-0.4, -0.2) is 63.0 Å². The Balaban J connectivity index is 1.29. The molecule has 3 aromatic heterocycles. The van der Waals surface area contributed by atoms with Gasteiger partial charge in [0, 0.05) is 35.7 Å². The minimum Gasteiger partial charge on any atom is -0.346 e. The van der Waals surface area contributed by atoms with Crippen LogP contribution in [0.15, 0.2) is 42.5 Å². The topological polar surface area (TPSA) is 158 Å². The highest BCUT2D eigenvalue weighted by molar-refractivity contribution is 7.94. The Labute approximate surface area is 380 Å². The van der Waals surface area contributed by atoms with E-state index in [1.54, 1.807) is 6.07 Å². The number of aryl methyl sites for hydroxylation is 1. The molecule has 8 rings (SSSR count). The molecule has 352 valence electrons. The van der Waals surface area contributed by atoms with Gasteiger partial charge in [-0.15, -0.1) is 0 Å². The first-order valence-corrected chi connectivity index (χ1v) is 24.5. The Bertz CT molecular complexity index is 3080. The Morgan fingerprint density at radius 3 is 2.24 bits per heavy atom. The van der Waals surface area contributed by atoms with Crippen LogP contribution in [0.3, 0.4) is 0 Å². The Morgan fingerprint density at radius 2 is 1.62 bits per heavy atom. The maximum atomic E-state index is 15.7. The van der Waals surface area contributed by atoms with Crippen molar-refractivity contribution in [1.82, 2.24) is 29.9 Å². The van der Waals surface area contributed by atoms with Gasteiger partial charge in [-0.1, -0.05) is 37.4 Å². The van der Waals surface area contributed by atoms with Crippen LogP contribution in [0.2, 0.25) is 5.02 Å². The number of carbonyl (C=O) groups excluding carboxylic acids is 1. The fraction of sp³-hybridized carbons (Fsp3) is 0.455. The third-order valence-corrected chi connectivity index (χ3v) is 17.0. The number of benzene rings is 2. The summed E-state index contributed by atoms with van der Waals surface area (Å²) in [6.07, 6.45) is -3.14. The average molecular weight is 982 g/mol. The van der Waals surface area contributed by atoms with Gasteiger partial charge in [0.15, 0.2) is 21.3 Å². The zero-order chi connectivity index (χ0) is 48.1. The van der Waals surface area contributed by atoms with E-state index in [0.29, 0.717) is 23.6 Å². The van der Waals surface area contributed by atoms with E-state index in [-0.39, 0.29) is 61.5 Å². The van der Waals surface area contributed by atoms with Gasteiger partial charge >= 0.3 is 6.18 Å². The van der Waals surface area contributed by atoms with Gasteiger partial charge in [0.2, 0.25) is 15.9 Å². The van der Waals surface area contributed by atoms with Gasteiger partial charge in [0.05, 0.1) is 38.7 Å². The molecule has 2 aromatic carbocycles. The third-order valence-electron chi connectivity index (χ3n) is 12.4. The first kappa shape index (κ1) is 47.3. The Morgan fingerprint density at radius 1 is 0.970 bits per heavy atom. The molecule has 66 heavy (non-hydrogen) atoms. The number of hydrogen-bond donors (Lipinski definition) is 2. The summed E-state index contributed by atoms with van der Waals surface area (Å²) in [6, 6.07) is 7.02. The van der Waals surface area contributed by atoms with Crippen molar-refractivity contribution >= 4 is 54.1 Å². The van der Waals surface area contributed by atoms with E-state index in [0.717, 1.165) is 31.9 Å². The molecule has 0 radical (unpaired) electrons. The number of anilines is 1. The van der Waals surface area contributed by atoms with Gasteiger partial charge in [-0.2, -0.15) is 32.1 Å². The highest BCUT2D eigenvalue weighted by Gasteiger charge is 2.57. The van der Waals surface area contributed by atoms with Gasteiger partial charge in [0.25, 0.3) is 5.92 Å². The summed E-state index contributed by atoms with van der Waals surface area (Å²) in [5, 5.41) is 10.2. The first-order valence-electron chi connectivity index (χ1n) is 20.9. The number of amides is 1. The highest BCUT2D eigenvalue weighted by atomic mass is 35.5. The van der Waals surface area contributed by atoms with Crippen LogP contribution < -0.4 is 10.0 Å². The molecule has 3 heterocycles. The number of nitrogens with one attached hydrogen (secondary N) is 2. The monoisotopic (exact) mass is 981 g/mol. The lowest BCUT2D eigenvalue weighted by Gasteiger charge is -2.23. The molecule has 1 amide bonds. The maximum absolute atomic E-state index is 15.7. The molecule has 2 saturated carbocycles. The van der Waals surface area contributed by atoms with Gasteiger partial charge in [-0.3, -0.25) is 18.9 Å². The van der Waals surface area contributed by atoms with Crippen LogP contribution in [-0.2, 0) is 56.8 Å². The van der Waals surface area contributed by atoms with E-state index in [4.69, 9.17) is 16.6 Å². The smallest absolute Gasteiger partial charge is 0.346 e. The molecule has 22 heteroatoms. The lowest BCUT2D eigenvalue weighted by atomic mass is 9.93. The van der Waals surface area contributed by atoms with Crippen molar-refractivity contribution in [2.75, 3.05) is 10.5 Å². The summed E-state index contributed by atoms with van der Waals surface area (Å²) in [4.78, 5) is 18.9. The lowest BCUT2D eigenvalue weighted by molar-refractivity contribution is -0.143. The minimum atomic E-state index is -5.15. The number of pyridine rings is 1. The molecule has 2 N–H and O–H groups in total. The molecule has 3 atom stereocenters. The van der Waals surface area contributed by atoms with Crippen LogP contribution >= 0.6 is 11.6 Å². The van der Waals surface area contributed by atoms with Crippen molar-refractivity contribution in [1.29, 1.82) is 0 Å². The van der Waals surface area contributed by atoms with Crippen molar-refractivity contribution in [3.8, 4) is 23.0 Å². The quantitative estimate of drug-likeness (QED) is 0.0878. The summed E-state index contributed by atoms with van der Waals surface area (Å²) >= 11 is 6.72. The first-order chi connectivity index (χ1) is 30.7. The fourth-order valence-electron chi connectivity index (χ4n) is 8.49. The second-order valence-electron chi connectivity index (χ2n) is 17.8. The molecule has 2 fully saturated rings. The standard InChI is InChI=1S/C44H43ClF7N7O5S2/c1-22-23(2)43(48,49)40-35(22)39(44(50,51)52)55-59(40)20-34(60)54-33(18-25-16-26(46)19-27(47)17-25)37-30(11-8-28(53-37)14-15-42(3,4)66(63,64)29-9-10-29)31-12-13-32(45)36-38(31)58(5)56-41(36)57-65(61,62)21-24-6-7-24/h8,11-13,16-17,19,22-24,29,33H,6-7,9-10,18,20-21H2,1-5H3,(H,54,60)(H,56,57)/t22-,23+,33-/m0/s1. The zero-order valence-electron chi connectivity index (χ0n) is 36.0. The van der Waals surface area contributed by atoms with Crippen LogP contribution in [0.4, 0.5) is 36.6 Å². The van der Waals surface area contributed by atoms with Gasteiger partial charge in [-0.05, 0) is 99.6 Å². The molecule has 0 aliphatic heterocycles. The summed E-state index contributed by atoms with van der Waals surface area (Å²) in [7, 11) is -6.09. The number of sulfonamides is 1. The van der Waals surface area contributed by atoms with Crippen LogP contribution in [0.1, 0.15) is 99.2 Å². The lowest BCUT2D eigenvalue weighted by Crippen LogP contribution is -2.35. The Kier molecular flexibility index (Phi) is 11.9. The number of fused-ring (bicyclic) bond motifs is 2. The van der Waals surface area contributed by atoms with E-state index in [2.05, 4.69) is 32.1 Å². The minimum absolute atomic E-state index is 0.0126. The zero-order valence-corrected chi connectivity index (χ0v) is 38.4. The van der Waals surface area contributed by atoms with E-state index in [1.165, 1.54) is 50.7 Å². The second kappa shape index (κ2) is 16.5. The maximum Gasteiger partial charge on any atom is 0.435 e. The van der Waals surface area contributed by atoms with E-state index < -0.39 is 107 Å². The van der Waals surface area contributed by atoms with Crippen LogP contribution in [0, 0.1) is 35.3 Å². The predicted octanol–water partition coefficient (Wildman–Crippen LogP) is 8.59. The van der Waals surface area contributed by atoms with E-state index in [9.17, 15) is 43.6 Å². The number of aromatic nitrogens is 5. The molecule has 0 bridgehead atoms.